The molecule has 0 saturated carbocycles. The number of nitrogens with one attached hydrogen (secondary N) is 1. The third-order valence-electron chi connectivity index (χ3n) is 3.74. The van der Waals surface area contributed by atoms with Crippen LogP contribution in [-0.4, -0.2) is 25.8 Å². The van der Waals surface area contributed by atoms with Crippen molar-refractivity contribution in [3.05, 3.63) is 59.7 Å². The van der Waals surface area contributed by atoms with E-state index in [4.69, 9.17) is 14.2 Å². The molecular formula is C18H17NO5. The molecule has 0 radical (unpaired) electrons. The van der Waals surface area contributed by atoms with Gasteiger partial charge >= 0.3 is 5.97 Å². The first-order valence-electron chi connectivity index (χ1n) is 7.49. The van der Waals surface area contributed by atoms with Gasteiger partial charge in [0.1, 0.15) is 0 Å². The third-order valence-corrected chi connectivity index (χ3v) is 3.74. The van der Waals surface area contributed by atoms with Crippen molar-refractivity contribution in [1.82, 2.24) is 5.32 Å². The molecule has 1 amide bonds. The monoisotopic (exact) mass is 327 g/mol. The zero-order valence-electron chi connectivity index (χ0n) is 13.2. The topological polar surface area (TPSA) is 73.9 Å². The first-order valence-corrected chi connectivity index (χ1v) is 7.49. The minimum Gasteiger partial charge on any atom is -0.469 e. The average Bonchev–Trinajstić information content (AvgIpc) is 3.09. The summed E-state index contributed by atoms with van der Waals surface area (Å²) in [5.41, 5.74) is 1.27. The first kappa shape index (κ1) is 15.9. The van der Waals surface area contributed by atoms with Crippen molar-refractivity contribution in [3.8, 4) is 11.5 Å². The normalized spacial score (nSPS) is 13.2. The molecule has 1 aliphatic rings. The number of ether oxygens (including phenoxy) is 3. The molecule has 2 aromatic carbocycles. The number of carbonyl (C=O) groups excluding carboxylic acids is 2. The molecule has 24 heavy (non-hydrogen) atoms. The Morgan fingerprint density at radius 2 is 1.88 bits per heavy atom. The highest BCUT2D eigenvalue weighted by Gasteiger charge is 2.21. The molecule has 0 aromatic heterocycles. The molecule has 6 nitrogen and oxygen atoms in total. The number of rotatable bonds is 5. The van der Waals surface area contributed by atoms with Gasteiger partial charge in [0.15, 0.2) is 11.5 Å². The van der Waals surface area contributed by atoms with E-state index in [0.717, 1.165) is 5.56 Å². The Balaban J connectivity index is 1.79. The van der Waals surface area contributed by atoms with Crippen molar-refractivity contribution in [2.75, 3.05) is 13.9 Å². The summed E-state index contributed by atoms with van der Waals surface area (Å²) in [5.74, 6) is 0.452. The van der Waals surface area contributed by atoms with Crippen molar-refractivity contribution < 1.29 is 23.8 Å². The van der Waals surface area contributed by atoms with Crippen LogP contribution in [-0.2, 0) is 9.53 Å². The second-order valence-electron chi connectivity index (χ2n) is 5.29. The molecule has 2 aromatic rings. The van der Waals surface area contributed by atoms with Crippen molar-refractivity contribution in [2.24, 2.45) is 0 Å². The highest BCUT2D eigenvalue weighted by atomic mass is 16.7. The Kier molecular flexibility index (Phi) is 4.65. The Hall–Kier alpha value is -3.02. The lowest BCUT2D eigenvalue weighted by Gasteiger charge is -2.18. The average molecular weight is 327 g/mol. The largest absolute Gasteiger partial charge is 0.469 e. The van der Waals surface area contributed by atoms with E-state index in [-0.39, 0.29) is 19.1 Å². The van der Waals surface area contributed by atoms with E-state index in [2.05, 4.69) is 5.32 Å². The number of hydrogen-bond donors (Lipinski definition) is 1. The zero-order chi connectivity index (χ0) is 16.9. The summed E-state index contributed by atoms with van der Waals surface area (Å²) in [5, 5.41) is 2.87. The summed E-state index contributed by atoms with van der Waals surface area (Å²) in [7, 11) is 1.32. The second kappa shape index (κ2) is 7.04. The van der Waals surface area contributed by atoms with Crippen molar-refractivity contribution in [1.29, 1.82) is 0 Å². The van der Waals surface area contributed by atoms with E-state index in [0.29, 0.717) is 17.1 Å². The highest BCUT2D eigenvalue weighted by Crippen LogP contribution is 2.32. The fraction of sp³-hybridized carbons (Fsp3) is 0.222. The standard InChI is InChI=1S/C18H17NO5/c1-22-17(20)10-14(12-5-3-2-4-6-12)19-18(21)13-7-8-15-16(9-13)24-11-23-15/h2-9,14H,10-11H2,1H3,(H,19,21)/t14-/m0/s1. The maximum absolute atomic E-state index is 12.5. The molecule has 124 valence electrons. The van der Waals surface area contributed by atoms with Crippen LogP contribution in [0.4, 0.5) is 0 Å². The van der Waals surface area contributed by atoms with E-state index in [1.807, 2.05) is 30.3 Å². The Bertz CT molecular complexity index is 744. The van der Waals surface area contributed by atoms with Gasteiger partial charge in [-0.15, -0.1) is 0 Å². The van der Waals surface area contributed by atoms with Crippen LogP contribution in [0.15, 0.2) is 48.5 Å². The van der Waals surface area contributed by atoms with E-state index >= 15 is 0 Å². The summed E-state index contributed by atoms with van der Waals surface area (Å²) in [6, 6.07) is 13.8. The van der Waals surface area contributed by atoms with Crippen molar-refractivity contribution >= 4 is 11.9 Å². The number of fused-ring (bicyclic) bond motifs is 1. The molecule has 0 bridgehead atoms. The van der Waals surface area contributed by atoms with E-state index in [1.165, 1.54) is 7.11 Å². The van der Waals surface area contributed by atoms with Crippen molar-refractivity contribution in [3.63, 3.8) is 0 Å². The van der Waals surface area contributed by atoms with Gasteiger partial charge in [-0.2, -0.15) is 0 Å². The van der Waals surface area contributed by atoms with E-state index in [1.54, 1.807) is 18.2 Å². The van der Waals surface area contributed by atoms with Gasteiger partial charge in [-0.25, -0.2) is 0 Å². The molecule has 6 heteroatoms. The Morgan fingerprint density at radius 3 is 2.62 bits per heavy atom. The van der Waals surface area contributed by atoms with Crippen LogP contribution in [0.5, 0.6) is 11.5 Å². The van der Waals surface area contributed by atoms with Crippen LogP contribution in [0.2, 0.25) is 0 Å². The quantitative estimate of drug-likeness (QED) is 0.854. The lowest BCUT2D eigenvalue weighted by Crippen LogP contribution is -2.30. The molecule has 3 rings (SSSR count). The van der Waals surface area contributed by atoms with Crippen LogP contribution in [0.1, 0.15) is 28.4 Å². The highest BCUT2D eigenvalue weighted by molar-refractivity contribution is 5.95. The number of methoxy groups -OCH3 is 1. The maximum Gasteiger partial charge on any atom is 0.307 e. The minimum absolute atomic E-state index is 0.0524. The summed E-state index contributed by atoms with van der Waals surface area (Å²) in [6.07, 6.45) is 0.0524. The van der Waals surface area contributed by atoms with Gasteiger partial charge in [-0.1, -0.05) is 30.3 Å². The van der Waals surface area contributed by atoms with Gasteiger partial charge in [-0.3, -0.25) is 9.59 Å². The maximum atomic E-state index is 12.5. The molecule has 0 aliphatic carbocycles. The number of hydrogen-bond acceptors (Lipinski definition) is 5. The molecule has 1 aliphatic heterocycles. The van der Waals surface area contributed by atoms with Gasteiger partial charge in [0, 0.05) is 5.56 Å². The first-order chi connectivity index (χ1) is 11.7. The predicted octanol–water partition coefficient (Wildman–Crippen LogP) is 2.45. The minimum atomic E-state index is -0.475. The van der Waals surface area contributed by atoms with Crippen LogP contribution in [0.3, 0.4) is 0 Å². The van der Waals surface area contributed by atoms with Gasteiger partial charge < -0.3 is 19.5 Å². The fourth-order valence-corrected chi connectivity index (χ4v) is 2.47. The molecule has 0 spiro atoms. The lowest BCUT2D eigenvalue weighted by atomic mass is 10.0. The fourth-order valence-electron chi connectivity index (χ4n) is 2.47. The molecule has 0 saturated heterocycles. The number of benzene rings is 2. The van der Waals surface area contributed by atoms with Crippen LogP contribution in [0.25, 0.3) is 0 Å². The summed E-state index contributed by atoms with van der Waals surface area (Å²) in [4.78, 5) is 24.2. The number of esters is 1. The van der Waals surface area contributed by atoms with Gasteiger partial charge in [0.25, 0.3) is 5.91 Å². The van der Waals surface area contributed by atoms with Crippen molar-refractivity contribution in [2.45, 2.75) is 12.5 Å². The Labute approximate surface area is 139 Å². The van der Waals surface area contributed by atoms with Gasteiger partial charge in [-0.05, 0) is 23.8 Å². The van der Waals surface area contributed by atoms with E-state index in [9.17, 15) is 9.59 Å². The Morgan fingerprint density at radius 1 is 1.12 bits per heavy atom. The zero-order valence-corrected chi connectivity index (χ0v) is 13.2. The van der Waals surface area contributed by atoms with Crippen LogP contribution < -0.4 is 14.8 Å². The smallest absolute Gasteiger partial charge is 0.307 e. The third kappa shape index (κ3) is 3.48. The van der Waals surface area contributed by atoms with Crippen LogP contribution >= 0.6 is 0 Å². The predicted molar refractivity (Wildman–Crippen MR) is 85.8 cm³/mol. The lowest BCUT2D eigenvalue weighted by molar-refractivity contribution is -0.141. The summed E-state index contributed by atoms with van der Waals surface area (Å²) >= 11 is 0. The summed E-state index contributed by atoms with van der Waals surface area (Å²) < 4.78 is 15.2. The molecule has 0 fully saturated rings. The van der Waals surface area contributed by atoms with Gasteiger partial charge in [0.2, 0.25) is 6.79 Å². The number of amides is 1. The second-order valence-corrected chi connectivity index (χ2v) is 5.29. The van der Waals surface area contributed by atoms with Crippen LogP contribution in [0, 0.1) is 0 Å². The molecule has 1 atom stereocenters. The SMILES string of the molecule is COC(=O)C[C@H](NC(=O)c1ccc2c(c1)OCO2)c1ccccc1. The van der Waals surface area contributed by atoms with E-state index < -0.39 is 12.0 Å². The van der Waals surface area contributed by atoms with Gasteiger partial charge in [0.05, 0.1) is 19.6 Å². The molecule has 1 heterocycles. The molecule has 0 unspecified atom stereocenters. The molecule has 1 N–H and O–H groups in total. The summed E-state index contributed by atoms with van der Waals surface area (Å²) in [6.45, 7) is 0.148. The number of carbonyl (C=O) groups is 2. The molecular weight excluding hydrogens is 310 g/mol.